The molecular weight excluding hydrogens is 461 g/mol. The number of rotatable bonds is 26. The molecule has 0 aromatic rings. The molecule has 0 radical (unpaired) electrons. The lowest BCUT2D eigenvalue weighted by Crippen LogP contribution is -2.31. The van der Waals surface area contributed by atoms with E-state index >= 15 is 4.11 Å². The zero-order chi connectivity index (χ0) is 25.5. The van der Waals surface area contributed by atoms with Gasteiger partial charge < -0.3 is 4.11 Å². The molecule has 0 rings (SSSR count). The summed E-state index contributed by atoms with van der Waals surface area (Å²) in [6, 6.07) is 2.40. The van der Waals surface area contributed by atoms with Crippen molar-refractivity contribution in [3.63, 3.8) is 0 Å². The van der Waals surface area contributed by atoms with Gasteiger partial charge in [-0.25, -0.2) is 0 Å². The van der Waals surface area contributed by atoms with E-state index in [1.165, 1.54) is 70.6 Å². The van der Waals surface area contributed by atoms with Crippen molar-refractivity contribution in [2.75, 3.05) is 0 Å². The topological polar surface area (TPSA) is 0 Å². The minimum absolute atomic E-state index is 0.0850. The second-order valence-electron chi connectivity index (χ2n) is 11.4. The van der Waals surface area contributed by atoms with Crippen molar-refractivity contribution in [2.24, 2.45) is 5.92 Å². The van der Waals surface area contributed by atoms with Crippen LogP contribution in [0.3, 0.4) is 0 Å². The van der Waals surface area contributed by atoms with Crippen LogP contribution < -0.4 is 0 Å². The van der Waals surface area contributed by atoms with Gasteiger partial charge in [0, 0.05) is 0 Å². The summed E-state index contributed by atoms with van der Waals surface area (Å²) in [6.45, 7) is 8.68. The Hall–Kier alpha value is 0.224. The van der Waals surface area contributed by atoms with Crippen LogP contribution in [-0.4, -0.2) is 17.1 Å². The molecule has 0 nitrogen and oxygen atoms in total. The molecule has 0 aliphatic carbocycles. The molecular formula is C29H61F3Si2. The van der Waals surface area contributed by atoms with E-state index in [0.29, 0.717) is 18.9 Å². The van der Waals surface area contributed by atoms with Gasteiger partial charge in [0.1, 0.15) is 0 Å². The third-order valence-electron chi connectivity index (χ3n) is 7.57. The highest BCUT2D eigenvalue weighted by molar-refractivity contribution is 6.73. The van der Waals surface area contributed by atoms with Crippen molar-refractivity contribution in [3.8, 4) is 0 Å². The lowest BCUT2D eigenvalue weighted by Gasteiger charge is -2.27. The van der Waals surface area contributed by atoms with Crippen LogP contribution in [-0.2, 0) is 0 Å². The number of hydrogen-bond acceptors (Lipinski definition) is 0. The van der Waals surface area contributed by atoms with Crippen LogP contribution in [0.15, 0.2) is 0 Å². The van der Waals surface area contributed by atoms with Crippen LogP contribution in [0.1, 0.15) is 150 Å². The molecule has 0 saturated carbocycles. The average Bonchev–Trinajstić information content (AvgIpc) is 2.79. The Bertz CT molecular complexity index is 416. The van der Waals surface area contributed by atoms with E-state index in [4.69, 9.17) is 0 Å². The van der Waals surface area contributed by atoms with E-state index in [0.717, 1.165) is 50.6 Å². The first-order valence-corrected chi connectivity index (χ1v) is 20.0. The Balaban J connectivity index is 4.45. The van der Waals surface area contributed by atoms with Crippen molar-refractivity contribution in [1.82, 2.24) is 0 Å². The van der Waals surface area contributed by atoms with Crippen LogP contribution in [0.2, 0.25) is 30.2 Å². The molecule has 0 N–H and O–H groups in total. The zero-order valence-corrected chi connectivity index (χ0v) is 25.7. The molecule has 1 unspecified atom stereocenters. The summed E-state index contributed by atoms with van der Waals surface area (Å²) < 4.78 is 45.2. The van der Waals surface area contributed by atoms with Gasteiger partial charge >= 0.3 is 8.74 Å². The third kappa shape index (κ3) is 21.5. The second-order valence-corrected chi connectivity index (χ2v) is 17.8. The van der Waals surface area contributed by atoms with E-state index in [1.807, 2.05) is 0 Å². The molecule has 0 spiro atoms. The van der Waals surface area contributed by atoms with Gasteiger partial charge in [-0.2, -0.15) is 0 Å². The van der Waals surface area contributed by atoms with Crippen molar-refractivity contribution in [2.45, 2.75) is 180 Å². The van der Waals surface area contributed by atoms with Crippen molar-refractivity contribution < 1.29 is 12.3 Å². The van der Waals surface area contributed by atoms with Crippen LogP contribution in [0.25, 0.3) is 0 Å². The fraction of sp³-hybridized carbons (Fsp3) is 1.00. The van der Waals surface area contributed by atoms with Gasteiger partial charge in [0.15, 0.2) is 0 Å². The second kappa shape index (κ2) is 22.4. The highest BCUT2D eigenvalue weighted by Crippen LogP contribution is 2.35. The van der Waals surface area contributed by atoms with Gasteiger partial charge in [-0.3, -0.25) is 8.22 Å². The van der Waals surface area contributed by atoms with Gasteiger partial charge in [0.05, 0.1) is 0 Å². The van der Waals surface area contributed by atoms with Gasteiger partial charge in [-0.1, -0.05) is 143 Å². The highest BCUT2D eigenvalue weighted by atomic mass is 28.4. The summed E-state index contributed by atoms with van der Waals surface area (Å²) in [5, 5.41) is 0. The van der Waals surface area contributed by atoms with Gasteiger partial charge in [0.2, 0.25) is 8.41 Å². The maximum atomic E-state index is 16.1. The minimum Gasteiger partial charge on any atom is -0.314 e. The Labute approximate surface area is 215 Å². The van der Waals surface area contributed by atoms with Gasteiger partial charge in [-0.05, 0) is 42.6 Å². The van der Waals surface area contributed by atoms with E-state index in [9.17, 15) is 8.22 Å². The first-order valence-electron chi connectivity index (χ1n) is 15.3. The van der Waals surface area contributed by atoms with E-state index in [1.54, 1.807) is 0 Å². The smallest absolute Gasteiger partial charge is 0.314 e. The van der Waals surface area contributed by atoms with Crippen LogP contribution in [0, 0.1) is 5.92 Å². The van der Waals surface area contributed by atoms with Gasteiger partial charge in [0.25, 0.3) is 0 Å². The van der Waals surface area contributed by atoms with Crippen molar-refractivity contribution >= 4 is 17.1 Å². The Morgan fingerprint density at radius 1 is 0.471 bits per heavy atom. The normalized spacial score (nSPS) is 13.5. The number of unbranched alkanes of at least 4 members (excludes halogenated alkanes) is 15. The quantitative estimate of drug-likeness (QED) is 0.0602. The zero-order valence-electron chi connectivity index (χ0n) is 23.7. The van der Waals surface area contributed by atoms with E-state index in [-0.39, 0.29) is 18.0 Å². The summed E-state index contributed by atoms with van der Waals surface area (Å²) >= 11 is 0. The molecule has 0 aromatic heterocycles. The molecule has 0 bridgehead atoms. The Morgan fingerprint density at radius 2 is 0.824 bits per heavy atom. The predicted octanol–water partition coefficient (Wildman–Crippen LogP) is 12.4. The Morgan fingerprint density at radius 3 is 1.24 bits per heavy atom. The van der Waals surface area contributed by atoms with Gasteiger partial charge in [-0.15, -0.1) is 0 Å². The third-order valence-corrected chi connectivity index (χ3v) is 13.6. The SMILES string of the molecule is CCCCCCCC[Si](F)(F)CCC(C)C[Si](F)(CCCCCCCC)CCCCCCCC. The maximum Gasteiger partial charge on any atom is 0.425 e. The lowest BCUT2D eigenvalue weighted by molar-refractivity contribution is 0.512. The van der Waals surface area contributed by atoms with E-state index < -0.39 is 17.1 Å². The highest BCUT2D eigenvalue weighted by Gasteiger charge is 2.38. The monoisotopic (exact) mass is 522 g/mol. The summed E-state index contributed by atoms with van der Waals surface area (Å²) in [7, 11) is -6.92. The lowest BCUT2D eigenvalue weighted by atomic mass is 10.1. The molecule has 0 fully saturated rings. The first-order chi connectivity index (χ1) is 16.3. The number of halogens is 3. The van der Waals surface area contributed by atoms with Crippen LogP contribution >= 0.6 is 0 Å². The fourth-order valence-electron chi connectivity index (χ4n) is 5.25. The van der Waals surface area contributed by atoms with Crippen molar-refractivity contribution in [1.29, 1.82) is 0 Å². The summed E-state index contributed by atoms with van der Waals surface area (Å²) in [5.41, 5.74) is 0. The summed E-state index contributed by atoms with van der Waals surface area (Å²) in [4.78, 5) is 0. The number of hydrogen-bond donors (Lipinski definition) is 0. The van der Waals surface area contributed by atoms with Crippen LogP contribution in [0.5, 0.6) is 0 Å². The Kier molecular flexibility index (Phi) is 22.6. The van der Waals surface area contributed by atoms with Crippen LogP contribution in [0.4, 0.5) is 12.3 Å². The first kappa shape index (κ1) is 34.2. The molecule has 5 heteroatoms. The molecule has 0 aromatic carbocycles. The average molecular weight is 523 g/mol. The largest absolute Gasteiger partial charge is 0.425 e. The summed E-state index contributed by atoms with van der Waals surface area (Å²) in [5.74, 6) is 0.125. The predicted molar refractivity (Wildman–Crippen MR) is 153 cm³/mol. The molecule has 206 valence electrons. The standard InChI is InChI=1S/C29H61F3Si2/c1-5-8-11-14-17-20-24-33(30,25-21-18-15-12-9-6-2)28-29(4)23-27-34(31,32)26-22-19-16-13-10-7-3/h29H,5-28H2,1-4H3. The maximum absolute atomic E-state index is 16.1. The fourth-order valence-corrected chi connectivity index (χ4v) is 11.1. The molecule has 0 aliphatic rings. The molecule has 0 aliphatic heterocycles. The molecule has 1 atom stereocenters. The summed E-state index contributed by atoms with van der Waals surface area (Å²) in [6.07, 6.45) is 21.2. The molecule has 34 heavy (non-hydrogen) atoms. The molecule has 0 heterocycles. The van der Waals surface area contributed by atoms with Crippen molar-refractivity contribution in [3.05, 3.63) is 0 Å². The molecule has 0 amide bonds. The molecule has 0 saturated heterocycles. The van der Waals surface area contributed by atoms with E-state index in [2.05, 4.69) is 27.7 Å². The minimum atomic E-state index is -4.11.